The second-order valence-corrected chi connectivity index (χ2v) is 6.79. The van der Waals surface area contributed by atoms with Crippen LogP contribution in [0.15, 0.2) is 47.4 Å². The van der Waals surface area contributed by atoms with Crippen LogP contribution in [0.5, 0.6) is 0 Å². The van der Waals surface area contributed by atoms with Crippen LogP contribution in [0.2, 0.25) is 0 Å². The zero-order chi connectivity index (χ0) is 15.7. The highest BCUT2D eigenvalue weighted by molar-refractivity contribution is 7.92. The SMILES string of the molecule is NCCC(C(F)(F)F)S(=O)(=O)c1ccc2ccccc2c1. The average Bonchev–Trinajstić information content (AvgIpc) is 2.42. The van der Waals surface area contributed by atoms with Crippen molar-refractivity contribution in [3.8, 4) is 0 Å². The summed E-state index contributed by atoms with van der Waals surface area (Å²) in [5.74, 6) is 0. The molecule has 0 saturated carbocycles. The maximum atomic E-state index is 13.0. The van der Waals surface area contributed by atoms with Crippen LogP contribution in [0.3, 0.4) is 0 Å². The van der Waals surface area contributed by atoms with Crippen molar-refractivity contribution in [2.24, 2.45) is 5.73 Å². The monoisotopic (exact) mass is 317 g/mol. The minimum atomic E-state index is -4.84. The van der Waals surface area contributed by atoms with Gasteiger partial charge in [0.15, 0.2) is 15.1 Å². The fourth-order valence-corrected chi connectivity index (χ4v) is 3.83. The molecule has 114 valence electrons. The number of alkyl halides is 3. The Labute approximate surface area is 120 Å². The van der Waals surface area contributed by atoms with Crippen molar-refractivity contribution in [3.05, 3.63) is 42.5 Å². The molecular weight excluding hydrogens is 303 g/mol. The molecule has 0 aliphatic heterocycles. The first-order chi connectivity index (χ1) is 9.76. The van der Waals surface area contributed by atoms with Crippen LogP contribution in [-0.4, -0.2) is 26.4 Å². The van der Waals surface area contributed by atoms with Gasteiger partial charge in [0.1, 0.15) is 0 Å². The molecule has 1 atom stereocenters. The lowest BCUT2D eigenvalue weighted by Gasteiger charge is -2.20. The number of benzene rings is 2. The van der Waals surface area contributed by atoms with E-state index in [1.54, 1.807) is 24.3 Å². The van der Waals surface area contributed by atoms with Gasteiger partial charge in [0.25, 0.3) is 0 Å². The molecule has 0 spiro atoms. The van der Waals surface area contributed by atoms with Gasteiger partial charge >= 0.3 is 6.18 Å². The third-order valence-corrected chi connectivity index (χ3v) is 5.38. The Hall–Kier alpha value is -1.60. The van der Waals surface area contributed by atoms with Crippen LogP contribution in [0.1, 0.15) is 6.42 Å². The van der Waals surface area contributed by atoms with Crippen molar-refractivity contribution in [2.45, 2.75) is 22.7 Å². The third kappa shape index (κ3) is 3.19. The van der Waals surface area contributed by atoms with Gasteiger partial charge in [0.05, 0.1) is 4.90 Å². The van der Waals surface area contributed by atoms with Crippen molar-refractivity contribution in [1.82, 2.24) is 0 Å². The highest BCUT2D eigenvalue weighted by Gasteiger charge is 2.48. The quantitative estimate of drug-likeness (QED) is 0.943. The van der Waals surface area contributed by atoms with Crippen molar-refractivity contribution >= 4 is 20.6 Å². The summed E-state index contributed by atoms with van der Waals surface area (Å²) < 4.78 is 63.4. The summed E-state index contributed by atoms with van der Waals surface area (Å²) in [5.41, 5.74) is 5.13. The van der Waals surface area contributed by atoms with E-state index in [4.69, 9.17) is 5.73 Å². The van der Waals surface area contributed by atoms with E-state index >= 15 is 0 Å². The Morgan fingerprint density at radius 2 is 1.67 bits per heavy atom. The largest absolute Gasteiger partial charge is 0.405 e. The Bertz CT molecular complexity index is 741. The molecule has 7 heteroatoms. The average molecular weight is 317 g/mol. The summed E-state index contributed by atoms with van der Waals surface area (Å²) in [7, 11) is -4.52. The molecule has 0 aliphatic rings. The lowest BCUT2D eigenvalue weighted by Crippen LogP contribution is -2.38. The molecule has 2 aromatic carbocycles. The Balaban J connectivity index is 2.54. The second-order valence-electron chi connectivity index (χ2n) is 4.66. The molecule has 2 rings (SSSR count). The summed E-state index contributed by atoms with van der Waals surface area (Å²) >= 11 is 0. The minimum absolute atomic E-state index is 0.336. The number of sulfone groups is 1. The Morgan fingerprint density at radius 1 is 1.05 bits per heavy atom. The molecule has 2 N–H and O–H groups in total. The zero-order valence-corrected chi connectivity index (χ0v) is 11.8. The number of halogens is 3. The lowest BCUT2D eigenvalue weighted by atomic mass is 10.1. The highest BCUT2D eigenvalue weighted by Crippen LogP contribution is 2.33. The summed E-state index contributed by atoms with van der Waals surface area (Å²) in [4.78, 5) is -0.336. The molecule has 0 aliphatic carbocycles. The van der Waals surface area contributed by atoms with Crippen molar-refractivity contribution in [2.75, 3.05) is 6.54 Å². The number of hydrogen-bond donors (Lipinski definition) is 1. The molecule has 0 saturated heterocycles. The van der Waals surface area contributed by atoms with Crippen LogP contribution in [0, 0.1) is 0 Å². The van der Waals surface area contributed by atoms with Gasteiger partial charge in [0.2, 0.25) is 0 Å². The summed E-state index contributed by atoms with van der Waals surface area (Å²) in [6.45, 7) is -0.350. The number of nitrogens with two attached hydrogens (primary N) is 1. The van der Waals surface area contributed by atoms with Crippen molar-refractivity contribution in [1.29, 1.82) is 0 Å². The lowest BCUT2D eigenvalue weighted by molar-refractivity contribution is -0.131. The topological polar surface area (TPSA) is 60.2 Å². The molecule has 0 bridgehead atoms. The molecule has 0 heterocycles. The van der Waals surface area contributed by atoms with E-state index in [0.717, 1.165) is 5.39 Å². The standard InChI is InChI=1S/C14H14F3NO2S/c15-14(16,17)13(7-8-18)21(19,20)12-6-5-10-3-1-2-4-11(10)9-12/h1-6,9,13H,7-8,18H2. The first-order valence-corrected chi connectivity index (χ1v) is 7.81. The molecule has 0 fully saturated rings. The number of rotatable bonds is 4. The van der Waals surface area contributed by atoms with Gasteiger partial charge in [-0.2, -0.15) is 13.2 Å². The zero-order valence-electron chi connectivity index (χ0n) is 11.0. The van der Waals surface area contributed by atoms with Crippen LogP contribution >= 0.6 is 0 Å². The van der Waals surface area contributed by atoms with Gasteiger partial charge in [-0.15, -0.1) is 0 Å². The van der Waals surface area contributed by atoms with Gasteiger partial charge in [-0.1, -0.05) is 30.3 Å². The predicted molar refractivity (Wildman–Crippen MR) is 74.6 cm³/mol. The second kappa shape index (κ2) is 5.65. The molecule has 2 aromatic rings. The summed E-state index contributed by atoms with van der Waals surface area (Å²) in [5, 5.41) is -1.14. The molecule has 3 nitrogen and oxygen atoms in total. The van der Waals surface area contributed by atoms with Crippen molar-refractivity contribution < 1.29 is 21.6 Å². The van der Waals surface area contributed by atoms with Gasteiger partial charge < -0.3 is 5.73 Å². The van der Waals surface area contributed by atoms with Crippen LogP contribution in [0.4, 0.5) is 13.2 Å². The molecule has 0 aromatic heterocycles. The fraction of sp³-hybridized carbons (Fsp3) is 0.286. The van der Waals surface area contributed by atoms with Gasteiger partial charge in [-0.05, 0) is 35.9 Å². The molecule has 0 radical (unpaired) electrons. The molecule has 0 amide bonds. The molecular formula is C14H14F3NO2S. The third-order valence-electron chi connectivity index (χ3n) is 3.22. The van der Waals surface area contributed by atoms with E-state index < -0.39 is 27.7 Å². The van der Waals surface area contributed by atoms with E-state index in [1.165, 1.54) is 18.2 Å². The van der Waals surface area contributed by atoms with Gasteiger partial charge in [-0.3, -0.25) is 0 Å². The van der Waals surface area contributed by atoms with Crippen LogP contribution in [-0.2, 0) is 9.84 Å². The maximum absolute atomic E-state index is 13.0. The van der Waals surface area contributed by atoms with E-state index in [0.29, 0.717) is 5.39 Å². The highest BCUT2D eigenvalue weighted by atomic mass is 32.2. The predicted octanol–water partition coefficient (Wildman–Crippen LogP) is 2.89. The first-order valence-electron chi connectivity index (χ1n) is 6.26. The maximum Gasteiger partial charge on any atom is 0.405 e. The van der Waals surface area contributed by atoms with Gasteiger partial charge in [0, 0.05) is 0 Å². The smallest absolute Gasteiger partial charge is 0.330 e. The molecule has 21 heavy (non-hydrogen) atoms. The van der Waals surface area contributed by atoms with Crippen LogP contribution in [0.25, 0.3) is 10.8 Å². The fourth-order valence-electron chi connectivity index (χ4n) is 2.15. The van der Waals surface area contributed by atoms with E-state index in [1.807, 2.05) is 0 Å². The Kier molecular flexibility index (Phi) is 4.25. The van der Waals surface area contributed by atoms with E-state index in [9.17, 15) is 21.6 Å². The summed E-state index contributed by atoms with van der Waals surface area (Å²) in [6, 6.07) is 10.8. The Morgan fingerprint density at radius 3 is 2.24 bits per heavy atom. The van der Waals surface area contributed by atoms with E-state index in [-0.39, 0.29) is 11.4 Å². The first kappa shape index (κ1) is 15.8. The minimum Gasteiger partial charge on any atom is -0.330 e. The number of hydrogen-bond acceptors (Lipinski definition) is 3. The summed E-state index contributed by atoms with van der Waals surface area (Å²) in [6.07, 6.45) is -5.50. The molecule has 1 unspecified atom stereocenters. The van der Waals surface area contributed by atoms with E-state index in [2.05, 4.69) is 0 Å². The van der Waals surface area contributed by atoms with Crippen LogP contribution < -0.4 is 5.73 Å². The van der Waals surface area contributed by atoms with Gasteiger partial charge in [-0.25, -0.2) is 8.42 Å². The van der Waals surface area contributed by atoms with Crippen molar-refractivity contribution in [3.63, 3.8) is 0 Å². The normalized spacial score (nSPS) is 14.3. The number of fused-ring (bicyclic) bond motifs is 1.